The maximum Gasteiger partial charge on any atom is 0.397 e. The van der Waals surface area contributed by atoms with Gasteiger partial charge in [0, 0.05) is 5.69 Å². The van der Waals surface area contributed by atoms with Crippen molar-refractivity contribution in [3.8, 4) is 11.5 Å². The number of benzene rings is 1. The topological polar surface area (TPSA) is 55.1 Å². The number of anilines is 1. The highest BCUT2D eigenvalue weighted by atomic mass is 35.5. The number of oxazole rings is 1. The summed E-state index contributed by atoms with van der Waals surface area (Å²) in [4.78, 5) is 15.3. The van der Waals surface area contributed by atoms with E-state index < -0.39 is 18.5 Å². The second-order valence-corrected chi connectivity index (χ2v) is 4.74. The first kappa shape index (κ1) is 15.4. The molecule has 8 heteroatoms. The van der Waals surface area contributed by atoms with E-state index in [1.807, 2.05) is 0 Å². The summed E-state index contributed by atoms with van der Waals surface area (Å²) in [7, 11) is 0. The molecule has 1 amide bonds. The quantitative estimate of drug-likeness (QED) is 0.923. The van der Waals surface area contributed by atoms with Crippen LogP contribution in [-0.2, 0) is 4.79 Å². The number of aryl methyl sites for hydroxylation is 1. The van der Waals surface area contributed by atoms with E-state index in [0.29, 0.717) is 16.3 Å². The SMILES string of the molecule is Cc1coc(-c2cc(NC(=O)CC(F)(F)F)ccc2Cl)n1. The first-order valence-corrected chi connectivity index (χ1v) is 6.21. The molecule has 0 aliphatic heterocycles. The van der Waals surface area contributed by atoms with Crippen LogP contribution in [0.4, 0.5) is 18.9 Å². The van der Waals surface area contributed by atoms with Crippen molar-refractivity contribution in [2.75, 3.05) is 5.32 Å². The summed E-state index contributed by atoms with van der Waals surface area (Å²) in [6.07, 6.45) is -4.69. The number of carbonyl (C=O) groups excluding carboxylic acids is 1. The Morgan fingerprint density at radius 3 is 2.71 bits per heavy atom. The molecule has 0 saturated heterocycles. The van der Waals surface area contributed by atoms with E-state index >= 15 is 0 Å². The minimum absolute atomic E-state index is 0.180. The largest absolute Gasteiger partial charge is 0.444 e. The van der Waals surface area contributed by atoms with Gasteiger partial charge in [0.15, 0.2) is 0 Å². The van der Waals surface area contributed by atoms with Crippen LogP contribution in [0.2, 0.25) is 5.02 Å². The molecule has 0 unspecified atom stereocenters. The molecular formula is C13H10ClF3N2O2. The smallest absolute Gasteiger partial charge is 0.397 e. The van der Waals surface area contributed by atoms with Gasteiger partial charge in [-0.3, -0.25) is 4.79 Å². The molecule has 1 heterocycles. The standard InChI is InChI=1S/C13H10ClF3N2O2/c1-7-6-21-12(18-7)9-4-8(2-3-10(9)14)19-11(20)5-13(15,16)17/h2-4,6H,5H2,1H3,(H,19,20). The second-order valence-electron chi connectivity index (χ2n) is 4.33. The maximum atomic E-state index is 12.1. The van der Waals surface area contributed by atoms with Gasteiger partial charge in [-0.15, -0.1) is 0 Å². The summed E-state index contributed by atoms with van der Waals surface area (Å²) in [6, 6.07) is 4.25. The van der Waals surface area contributed by atoms with Crippen molar-refractivity contribution in [2.45, 2.75) is 19.5 Å². The van der Waals surface area contributed by atoms with Gasteiger partial charge in [0.1, 0.15) is 12.7 Å². The average molecular weight is 319 g/mol. The Labute approximate surface area is 122 Å². The van der Waals surface area contributed by atoms with Crippen LogP contribution in [0.1, 0.15) is 12.1 Å². The number of hydrogen-bond acceptors (Lipinski definition) is 3. The van der Waals surface area contributed by atoms with Crippen LogP contribution in [0, 0.1) is 6.92 Å². The van der Waals surface area contributed by atoms with Crippen LogP contribution in [0.3, 0.4) is 0 Å². The van der Waals surface area contributed by atoms with Gasteiger partial charge in [-0.2, -0.15) is 13.2 Å². The molecule has 1 N–H and O–H groups in total. The Morgan fingerprint density at radius 1 is 1.43 bits per heavy atom. The molecule has 0 bridgehead atoms. The lowest BCUT2D eigenvalue weighted by Crippen LogP contribution is -2.21. The average Bonchev–Trinajstić information content (AvgIpc) is 2.76. The van der Waals surface area contributed by atoms with Crippen molar-refractivity contribution >= 4 is 23.2 Å². The molecule has 2 aromatic rings. The van der Waals surface area contributed by atoms with E-state index in [1.165, 1.54) is 24.5 Å². The Bertz CT molecular complexity index is 668. The molecule has 1 aromatic carbocycles. The molecule has 1 aromatic heterocycles. The highest BCUT2D eigenvalue weighted by molar-refractivity contribution is 6.33. The predicted molar refractivity (Wildman–Crippen MR) is 71.0 cm³/mol. The number of rotatable bonds is 3. The van der Waals surface area contributed by atoms with E-state index in [4.69, 9.17) is 16.0 Å². The van der Waals surface area contributed by atoms with Crippen molar-refractivity contribution in [3.05, 3.63) is 35.2 Å². The van der Waals surface area contributed by atoms with Crippen molar-refractivity contribution in [2.24, 2.45) is 0 Å². The van der Waals surface area contributed by atoms with Crippen molar-refractivity contribution in [1.82, 2.24) is 4.98 Å². The van der Waals surface area contributed by atoms with Crippen molar-refractivity contribution in [1.29, 1.82) is 0 Å². The van der Waals surface area contributed by atoms with Gasteiger partial charge in [-0.25, -0.2) is 4.98 Å². The first-order valence-electron chi connectivity index (χ1n) is 5.83. The van der Waals surface area contributed by atoms with E-state index in [9.17, 15) is 18.0 Å². The molecule has 0 spiro atoms. The molecule has 0 fully saturated rings. The summed E-state index contributed by atoms with van der Waals surface area (Å²) in [6.45, 7) is 1.72. The van der Waals surface area contributed by atoms with E-state index in [1.54, 1.807) is 6.92 Å². The minimum atomic E-state index is -4.56. The number of aromatic nitrogens is 1. The van der Waals surface area contributed by atoms with Gasteiger partial charge >= 0.3 is 6.18 Å². The van der Waals surface area contributed by atoms with E-state index in [-0.39, 0.29) is 11.6 Å². The van der Waals surface area contributed by atoms with Crippen molar-refractivity contribution < 1.29 is 22.4 Å². The zero-order chi connectivity index (χ0) is 15.6. The third-order valence-corrected chi connectivity index (χ3v) is 2.79. The third-order valence-electron chi connectivity index (χ3n) is 2.46. The Morgan fingerprint density at radius 2 is 2.14 bits per heavy atom. The molecule has 4 nitrogen and oxygen atoms in total. The highest BCUT2D eigenvalue weighted by Crippen LogP contribution is 2.30. The fourth-order valence-corrected chi connectivity index (χ4v) is 1.83. The van der Waals surface area contributed by atoms with E-state index in [0.717, 1.165) is 0 Å². The number of nitrogens with zero attached hydrogens (tertiary/aromatic N) is 1. The molecule has 0 saturated carbocycles. The zero-order valence-electron chi connectivity index (χ0n) is 10.8. The fraction of sp³-hybridized carbons (Fsp3) is 0.231. The maximum absolute atomic E-state index is 12.1. The number of amides is 1. The summed E-state index contributed by atoms with van der Waals surface area (Å²) >= 11 is 5.99. The number of alkyl halides is 3. The molecule has 0 radical (unpaired) electrons. The number of nitrogens with one attached hydrogen (secondary N) is 1. The predicted octanol–water partition coefficient (Wildman–Crippen LogP) is 4.19. The highest BCUT2D eigenvalue weighted by Gasteiger charge is 2.31. The van der Waals surface area contributed by atoms with Gasteiger partial charge in [0.25, 0.3) is 0 Å². The lowest BCUT2D eigenvalue weighted by atomic mass is 10.2. The van der Waals surface area contributed by atoms with Gasteiger partial charge < -0.3 is 9.73 Å². The van der Waals surface area contributed by atoms with Gasteiger partial charge in [0.2, 0.25) is 11.8 Å². The van der Waals surface area contributed by atoms with Crippen LogP contribution in [0.25, 0.3) is 11.5 Å². The summed E-state index contributed by atoms with van der Waals surface area (Å²) in [5.74, 6) is -0.927. The summed E-state index contributed by atoms with van der Waals surface area (Å²) in [5.41, 5.74) is 1.20. The Kier molecular flexibility index (Phi) is 4.22. The Balaban J connectivity index is 2.21. The van der Waals surface area contributed by atoms with Crippen LogP contribution in [-0.4, -0.2) is 17.1 Å². The molecule has 0 atom stereocenters. The van der Waals surface area contributed by atoms with Crippen LogP contribution in [0.5, 0.6) is 0 Å². The van der Waals surface area contributed by atoms with Crippen LogP contribution < -0.4 is 5.32 Å². The normalized spacial score (nSPS) is 11.5. The molecule has 21 heavy (non-hydrogen) atoms. The number of carbonyl (C=O) groups is 1. The van der Waals surface area contributed by atoms with E-state index in [2.05, 4.69) is 10.3 Å². The van der Waals surface area contributed by atoms with Crippen molar-refractivity contribution in [3.63, 3.8) is 0 Å². The second kappa shape index (κ2) is 5.77. The zero-order valence-corrected chi connectivity index (χ0v) is 11.5. The number of hydrogen-bond donors (Lipinski definition) is 1. The van der Waals surface area contributed by atoms with Gasteiger partial charge in [-0.1, -0.05) is 11.6 Å². The lowest BCUT2D eigenvalue weighted by Gasteiger charge is -2.09. The molecule has 112 valence electrons. The Hall–Kier alpha value is -2.02. The fourth-order valence-electron chi connectivity index (χ4n) is 1.63. The minimum Gasteiger partial charge on any atom is -0.444 e. The molecule has 2 rings (SSSR count). The molecule has 0 aliphatic carbocycles. The monoisotopic (exact) mass is 318 g/mol. The van der Waals surface area contributed by atoms with Crippen LogP contribution in [0.15, 0.2) is 28.9 Å². The van der Waals surface area contributed by atoms with Crippen LogP contribution >= 0.6 is 11.6 Å². The molecular weight excluding hydrogens is 309 g/mol. The molecule has 0 aliphatic rings. The third kappa shape index (κ3) is 4.22. The first-order chi connectivity index (χ1) is 9.74. The lowest BCUT2D eigenvalue weighted by molar-refractivity contribution is -0.150. The summed E-state index contributed by atoms with van der Waals surface area (Å²) in [5, 5.41) is 2.47. The van der Waals surface area contributed by atoms with Gasteiger partial charge in [0.05, 0.1) is 16.3 Å². The number of halogens is 4. The van der Waals surface area contributed by atoms with Gasteiger partial charge in [-0.05, 0) is 25.1 Å². The summed E-state index contributed by atoms with van der Waals surface area (Å²) < 4.78 is 41.5.